The first-order valence-corrected chi connectivity index (χ1v) is 8.92. The van der Waals surface area contributed by atoms with Gasteiger partial charge in [0.25, 0.3) is 5.56 Å². The first-order valence-electron chi connectivity index (χ1n) is 8.92. The number of para-hydroxylation sites is 1. The number of H-pyrrole nitrogens is 1. The second-order valence-corrected chi connectivity index (χ2v) is 6.41. The number of benzene rings is 1. The van der Waals surface area contributed by atoms with Crippen molar-refractivity contribution in [3.8, 4) is 0 Å². The van der Waals surface area contributed by atoms with E-state index in [-0.39, 0.29) is 6.54 Å². The van der Waals surface area contributed by atoms with Gasteiger partial charge in [-0.1, -0.05) is 12.1 Å². The van der Waals surface area contributed by atoms with Crippen LogP contribution in [0.2, 0.25) is 0 Å². The molecule has 0 radical (unpaired) electrons. The molecule has 1 aliphatic heterocycles. The zero-order chi connectivity index (χ0) is 19.5. The summed E-state index contributed by atoms with van der Waals surface area (Å²) in [5.41, 5.74) is 0.262. The monoisotopic (exact) mass is 381 g/mol. The summed E-state index contributed by atoms with van der Waals surface area (Å²) in [5, 5.41) is 3.03. The van der Waals surface area contributed by atoms with Gasteiger partial charge in [0.2, 0.25) is 5.91 Å². The maximum absolute atomic E-state index is 12.4. The van der Waals surface area contributed by atoms with Gasteiger partial charge in [0.05, 0.1) is 36.0 Å². The van der Waals surface area contributed by atoms with Crippen LogP contribution in [0.25, 0.3) is 10.9 Å². The van der Waals surface area contributed by atoms with Crippen LogP contribution in [-0.4, -0.2) is 46.7 Å². The van der Waals surface area contributed by atoms with Crippen molar-refractivity contribution in [3.63, 3.8) is 0 Å². The van der Waals surface area contributed by atoms with Crippen molar-refractivity contribution in [1.82, 2.24) is 14.5 Å². The summed E-state index contributed by atoms with van der Waals surface area (Å²) < 4.78 is 6.56. The van der Waals surface area contributed by atoms with Gasteiger partial charge in [-0.3, -0.25) is 19.1 Å². The molecule has 9 heteroatoms. The highest BCUT2D eigenvalue weighted by molar-refractivity contribution is 5.90. The van der Waals surface area contributed by atoms with Gasteiger partial charge in [-0.15, -0.1) is 0 Å². The zero-order valence-corrected chi connectivity index (χ0v) is 15.1. The fourth-order valence-corrected chi connectivity index (χ4v) is 3.19. The van der Waals surface area contributed by atoms with E-state index in [0.717, 1.165) is 18.8 Å². The van der Waals surface area contributed by atoms with E-state index in [2.05, 4.69) is 20.2 Å². The highest BCUT2D eigenvalue weighted by Crippen LogP contribution is 2.16. The minimum Gasteiger partial charge on any atom is -0.378 e. The van der Waals surface area contributed by atoms with Crippen molar-refractivity contribution in [1.29, 1.82) is 0 Å². The minimum atomic E-state index is -0.630. The standard InChI is InChI=1S/C19H19N5O4/c25-17(12-24-15-4-2-1-3-14(15)18(26)22-19(24)27)21-16-6-5-13(11-20-16)23-7-9-28-10-8-23/h1-6,11H,7-10,12H2,(H,20,21,25)(H,22,26,27). The van der Waals surface area contributed by atoms with Gasteiger partial charge in [0.15, 0.2) is 0 Å². The van der Waals surface area contributed by atoms with Gasteiger partial charge in [0, 0.05) is 13.1 Å². The molecule has 1 aliphatic rings. The summed E-state index contributed by atoms with van der Waals surface area (Å²) in [5.74, 6) is -0.0188. The Kier molecular flexibility index (Phi) is 4.90. The molecule has 0 saturated carbocycles. The van der Waals surface area contributed by atoms with Crippen LogP contribution < -0.4 is 21.5 Å². The summed E-state index contributed by atoms with van der Waals surface area (Å²) in [4.78, 5) is 45.1. The fraction of sp³-hybridized carbons (Fsp3) is 0.263. The third-order valence-corrected chi connectivity index (χ3v) is 4.60. The molecule has 0 aliphatic carbocycles. The summed E-state index contributed by atoms with van der Waals surface area (Å²) in [6, 6.07) is 10.3. The number of aromatic amines is 1. The van der Waals surface area contributed by atoms with Crippen molar-refractivity contribution in [2.24, 2.45) is 0 Å². The van der Waals surface area contributed by atoms with Gasteiger partial charge in [0.1, 0.15) is 12.4 Å². The van der Waals surface area contributed by atoms with Crippen LogP contribution in [0.5, 0.6) is 0 Å². The number of anilines is 2. The molecule has 0 atom stereocenters. The molecule has 1 amide bonds. The van der Waals surface area contributed by atoms with Crippen LogP contribution in [0.4, 0.5) is 11.5 Å². The quantitative estimate of drug-likeness (QED) is 0.684. The van der Waals surface area contributed by atoms with E-state index in [0.29, 0.717) is 29.9 Å². The number of aromatic nitrogens is 3. The maximum Gasteiger partial charge on any atom is 0.329 e. The van der Waals surface area contributed by atoms with Crippen LogP contribution in [-0.2, 0) is 16.1 Å². The van der Waals surface area contributed by atoms with E-state index in [1.807, 2.05) is 6.07 Å². The van der Waals surface area contributed by atoms with Crippen LogP contribution >= 0.6 is 0 Å². The van der Waals surface area contributed by atoms with E-state index in [1.54, 1.807) is 36.5 Å². The lowest BCUT2D eigenvalue weighted by Crippen LogP contribution is -2.36. The Morgan fingerprint density at radius 3 is 2.68 bits per heavy atom. The number of rotatable bonds is 4. The Balaban J connectivity index is 1.50. The number of carbonyl (C=O) groups excluding carboxylic acids is 1. The number of morpholine rings is 1. The number of nitrogens with one attached hydrogen (secondary N) is 2. The Morgan fingerprint density at radius 1 is 1.14 bits per heavy atom. The lowest BCUT2D eigenvalue weighted by Gasteiger charge is -2.28. The molecule has 3 heterocycles. The highest BCUT2D eigenvalue weighted by Gasteiger charge is 2.13. The number of carbonyl (C=O) groups is 1. The van der Waals surface area contributed by atoms with Crippen molar-refractivity contribution in [3.05, 3.63) is 63.4 Å². The molecule has 144 valence electrons. The van der Waals surface area contributed by atoms with E-state index >= 15 is 0 Å². The lowest BCUT2D eigenvalue weighted by atomic mass is 10.2. The first-order chi connectivity index (χ1) is 13.6. The highest BCUT2D eigenvalue weighted by atomic mass is 16.5. The van der Waals surface area contributed by atoms with Crippen LogP contribution in [0.15, 0.2) is 52.2 Å². The third-order valence-electron chi connectivity index (χ3n) is 4.60. The van der Waals surface area contributed by atoms with Gasteiger partial charge in [-0.25, -0.2) is 9.78 Å². The van der Waals surface area contributed by atoms with Crippen LogP contribution in [0.1, 0.15) is 0 Å². The third kappa shape index (κ3) is 3.65. The van der Waals surface area contributed by atoms with E-state index in [1.165, 1.54) is 4.57 Å². The predicted molar refractivity (Wildman–Crippen MR) is 105 cm³/mol. The molecule has 0 unspecified atom stereocenters. The summed E-state index contributed by atoms with van der Waals surface area (Å²) >= 11 is 0. The Hall–Kier alpha value is -3.46. The molecule has 0 bridgehead atoms. The van der Waals surface area contributed by atoms with Crippen molar-refractivity contribution in [2.75, 3.05) is 36.5 Å². The Morgan fingerprint density at radius 2 is 1.93 bits per heavy atom. The molecule has 1 saturated heterocycles. The predicted octanol–water partition coefficient (Wildman–Crippen LogP) is 0.560. The molecule has 28 heavy (non-hydrogen) atoms. The number of fused-ring (bicyclic) bond motifs is 1. The lowest BCUT2D eigenvalue weighted by molar-refractivity contribution is -0.116. The van der Waals surface area contributed by atoms with E-state index < -0.39 is 17.2 Å². The average molecular weight is 381 g/mol. The summed E-state index contributed by atoms with van der Waals surface area (Å²) in [6.07, 6.45) is 1.70. The molecule has 0 spiro atoms. The van der Waals surface area contributed by atoms with Crippen molar-refractivity contribution in [2.45, 2.75) is 6.54 Å². The van der Waals surface area contributed by atoms with E-state index in [4.69, 9.17) is 4.74 Å². The molecule has 2 aromatic heterocycles. The summed E-state index contributed by atoms with van der Waals surface area (Å²) in [7, 11) is 0. The average Bonchev–Trinajstić information content (AvgIpc) is 2.72. The van der Waals surface area contributed by atoms with Crippen LogP contribution in [0, 0.1) is 0 Å². The first kappa shape index (κ1) is 17.9. The number of ether oxygens (including phenoxy) is 1. The van der Waals surface area contributed by atoms with Crippen molar-refractivity contribution >= 4 is 28.3 Å². The maximum atomic E-state index is 12.4. The smallest absolute Gasteiger partial charge is 0.329 e. The second kappa shape index (κ2) is 7.65. The molecule has 9 nitrogen and oxygen atoms in total. The molecular weight excluding hydrogens is 362 g/mol. The number of pyridine rings is 1. The largest absolute Gasteiger partial charge is 0.378 e. The van der Waals surface area contributed by atoms with E-state index in [9.17, 15) is 14.4 Å². The number of nitrogens with zero attached hydrogens (tertiary/aromatic N) is 3. The van der Waals surface area contributed by atoms with Crippen molar-refractivity contribution < 1.29 is 9.53 Å². The number of amides is 1. The van der Waals surface area contributed by atoms with Gasteiger partial charge < -0.3 is 15.0 Å². The fourth-order valence-electron chi connectivity index (χ4n) is 3.19. The molecule has 3 aromatic rings. The topological polar surface area (TPSA) is 109 Å². The zero-order valence-electron chi connectivity index (χ0n) is 15.1. The van der Waals surface area contributed by atoms with Gasteiger partial charge in [-0.05, 0) is 24.3 Å². The van der Waals surface area contributed by atoms with Gasteiger partial charge >= 0.3 is 5.69 Å². The minimum absolute atomic E-state index is 0.233. The van der Waals surface area contributed by atoms with Gasteiger partial charge in [-0.2, -0.15) is 0 Å². The molecular formula is C19H19N5O4. The molecule has 4 rings (SSSR count). The number of hydrogen-bond donors (Lipinski definition) is 2. The second-order valence-electron chi connectivity index (χ2n) is 6.41. The Bertz CT molecular complexity index is 1110. The normalized spacial score (nSPS) is 14.2. The summed E-state index contributed by atoms with van der Waals surface area (Å²) in [6.45, 7) is 2.73. The Labute approximate surface area is 159 Å². The molecule has 2 N–H and O–H groups in total. The SMILES string of the molecule is O=C(Cn1c(=O)[nH]c(=O)c2ccccc21)Nc1ccc(N2CCOCC2)cn1. The van der Waals surface area contributed by atoms with Crippen LogP contribution in [0.3, 0.4) is 0 Å². The number of hydrogen-bond acceptors (Lipinski definition) is 6. The molecule has 1 fully saturated rings. The molecule has 1 aromatic carbocycles.